The molecule has 0 fully saturated rings. The first-order valence-electron chi connectivity index (χ1n) is 4.95. The molecule has 0 unspecified atom stereocenters. The molecule has 2 N–H and O–H groups in total. The molecule has 5 nitrogen and oxygen atoms in total. The quantitative estimate of drug-likeness (QED) is 0.911. The second-order valence-electron chi connectivity index (χ2n) is 3.58. The van der Waals surface area contributed by atoms with Gasteiger partial charge in [0.25, 0.3) is 11.5 Å². The highest BCUT2D eigenvalue weighted by atomic mass is 35.5. The molecule has 96 valence electrons. The van der Waals surface area contributed by atoms with E-state index in [0.717, 1.165) is 4.88 Å². The minimum Gasteiger partial charge on any atom is -0.346 e. The third-order valence-electron chi connectivity index (χ3n) is 2.26. The van der Waals surface area contributed by atoms with E-state index in [-0.39, 0.29) is 17.2 Å². The van der Waals surface area contributed by atoms with Crippen LogP contribution < -0.4 is 10.9 Å². The lowest BCUT2D eigenvalue weighted by Gasteiger charge is -2.03. The van der Waals surface area contributed by atoms with Crippen molar-refractivity contribution >= 4 is 40.4 Å². The van der Waals surface area contributed by atoms with Crippen LogP contribution in [0, 0.1) is 0 Å². The molecule has 18 heavy (non-hydrogen) atoms. The average Bonchev–Trinajstić information content (AvgIpc) is 2.79. The SMILES string of the molecule is Cn1[nH]c(=O)cc1C(=O)NCc1cc(Cl)c(Cl)s1. The number of thiophene rings is 1. The van der Waals surface area contributed by atoms with E-state index in [9.17, 15) is 9.59 Å². The fourth-order valence-corrected chi connectivity index (χ4v) is 2.80. The van der Waals surface area contributed by atoms with Crippen LogP contribution in [0.4, 0.5) is 0 Å². The Hall–Kier alpha value is -1.24. The summed E-state index contributed by atoms with van der Waals surface area (Å²) < 4.78 is 1.86. The molecule has 2 heterocycles. The van der Waals surface area contributed by atoms with Gasteiger partial charge >= 0.3 is 0 Å². The van der Waals surface area contributed by atoms with Gasteiger partial charge in [-0.25, -0.2) is 0 Å². The number of nitrogens with zero attached hydrogens (tertiary/aromatic N) is 1. The Morgan fingerprint density at radius 3 is 2.72 bits per heavy atom. The van der Waals surface area contributed by atoms with Crippen molar-refractivity contribution in [3.05, 3.63) is 42.4 Å². The molecule has 0 saturated carbocycles. The number of aryl methyl sites for hydroxylation is 1. The van der Waals surface area contributed by atoms with Crippen LogP contribution in [0.3, 0.4) is 0 Å². The van der Waals surface area contributed by atoms with E-state index in [1.54, 1.807) is 13.1 Å². The zero-order chi connectivity index (χ0) is 13.3. The predicted molar refractivity (Wildman–Crippen MR) is 71.5 cm³/mol. The van der Waals surface area contributed by atoms with Crippen molar-refractivity contribution in [3.63, 3.8) is 0 Å². The number of aromatic nitrogens is 2. The van der Waals surface area contributed by atoms with Gasteiger partial charge in [-0.2, -0.15) is 0 Å². The minimum absolute atomic E-state index is 0.272. The lowest BCUT2D eigenvalue weighted by Crippen LogP contribution is -2.24. The summed E-state index contributed by atoms with van der Waals surface area (Å²) in [4.78, 5) is 23.7. The molecule has 1 amide bonds. The largest absolute Gasteiger partial charge is 0.346 e. The standard InChI is InChI=1S/C10H9Cl2N3O2S/c1-15-7(3-8(16)14-15)10(17)13-4-5-2-6(11)9(12)18-5/h2-3H,4H2,1H3,(H,13,17)(H,14,16). The van der Waals surface area contributed by atoms with E-state index < -0.39 is 0 Å². The third kappa shape index (κ3) is 2.77. The van der Waals surface area contributed by atoms with E-state index >= 15 is 0 Å². The number of amides is 1. The Balaban J connectivity index is 2.04. The maximum Gasteiger partial charge on any atom is 0.269 e. The first-order chi connectivity index (χ1) is 8.47. The fourth-order valence-electron chi connectivity index (χ4n) is 1.43. The van der Waals surface area contributed by atoms with Gasteiger partial charge in [0.15, 0.2) is 0 Å². The highest BCUT2D eigenvalue weighted by Crippen LogP contribution is 2.31. The first kappa shape index (κ1) is 13.2. The molecular weight excluding hydrogens is 297 g/mol. The molecule has 2 rings (SSSR count). The van der Waals surface area contributed by atoms with Crippen molar-refractivity contribution < 1.29 is 4.79 Å². The second-order valence-corrected chi connectivity index (χ2v) is 5.73. The van der Waals surface area contributed by atoms with E-state index in [2.05, 4.69) is 10.4 Å². The molecule has 2 aromatic heterocycles. The summed E-state index contributed by atoms with van der Waals surface area (Å²) in [5.74, 6) is -0.337. The Kier molecular flexibility index (Phi) is 3.79. The molecule has 0 aliphatic heterocycles. The van der Waals surface area contributed by atoms with Gasteiger partial charge in [-0.05, 0) is 6.07 Å². The summed E-state index contributed by atoms with van der Waals surface area (Å²) in [5.41, 5.74) is -0.0430. The highest BCUT2D eigenvalue weighted by molar-refractivity contribution is 7.16. The number of carbonyl (C=O) groups is 1. The van der Waals surface area contributed by atoms with Gasteiger partial charge in [0, 0.05) is 18.0 Å². The number of hydrogen-bond donors (Lipinski definition) is 2. The van der Waals surface area contributed by atoms with Crippen molar-refractivity contribution in [2.75, 3.05) is 0 Å². The summed E-state index contributed by atoms with van der Waals surface area (Å²) in [5, 5.41) is 5.62. The summed E-state index contributed by atoms with van der Waals surface area (Å²) >= 11 is 12.9. The molecule has 0 saturated heterocycles. The molecule has 0 aromatic carbocycles. The topological polar surface area (TPSA) is 66.9 Å². The second kappa shape index (κ2) is 5.17. The minimum atomic E-state index is -0.337. The van der Waals surface area contributed by atoms with Crippen molar-refractivity contribution in [1.29, 1.82) is 0 Å². The number of aromatic amines is 1. The van der Waals surface area contributed by atoms with Crippen LogP contribution in [-0.4, -0.2) is 15.7 Å². The number of rotatable bonds is 3. The normalized spacial score (nSPS) is 10.6. The van der Waals surface area contributed by atoms with Gasteiger partial charge < -0.3 is 5.32 Å². The van der Waals surface area contributed by atoms with E-state index in [4.69, 9.17) is 23.2 Å². The molecular formula is C10H9Cl2N3O2S. The third-order valence-corrected chi connectivity index (χ3v) is 4.12. The van der Waals surface area contributed by atoms with Gasteiger partial charge in [0.05, 0.1) is 11.6 Å². The van der Waals surface area contributed by atoms with Gasteiger partial charge in [-0.3, -0.25) is 19.4 Å². The molecule has 0 aliphatic carbocycles. The van der Waals surface area contributed by atoms with Gasteiger partial charge in [0.2, 0.25) is 0 Å². The van der Waals surface area contributed by atoms with Gasteiger partial charge in [0.1, 0.15) is 10.0 Å². The maximum atomic E-state index is 11.8. The van der Waals surface area contributed by atoms with Gasteiger partial charge in [-0.15, -0.1) is 11.3 Å². The zero-order valence-corrected chi connectivity index (χ0v) is 11.6. The summed E-state index contributed by atoms with van der Waals surface area (Å²) in [6.45, 7) is 0.315. The first-order valence-corrected chi connectivity index (χ1v) is 6.52. The van der Waals surface area contributed by atoms with Crippen molar-refractivity contribution in [2.24, 2.45) is 7.05 Å². The van der Waals surface area contributed by atoms with Crippen LogP contribution in [0.15, 0.2) is 16.9 Å². The smallest absolute Gasteiger partial charge is 0.269 e. The molecule has 2 aromatic rings. The van der Waals surface area contributed by atoms with Crippen molar-refractivity contribution in [1.82, 2.24) is 15.1 Å². The fraction of sp³-hybridized carbons (Fsp3) is 0.200. The number of nitrogens with one attached hydrogen (secondary N) is 2. The molecule has 0 radical (unpaired) electrons. The molecule has 0 bridgehead atoms. The van der Waals surface area contributed by atoms with Crippen molar-refractivity contribution in [2.45, 2.75) is 6.54 Å². The molecule has 0 spiro atoms. The molecule has 8 heteroatoms. The predicted octanol–water partition coefficient (Wildman–Crippen LogP) is 2.01. The molecule has 0 atom stereocenters. The lowest BCUT2D eigenvalue weighted by molar-refractivity contribution is 0.0942. The molecule has 0 aliphatic rings. The van der Waals surface area contributed by atoms with Crippen LogP contribution in [-0.2, 0) is 13.6 Å². The van der Waals surface area contributed by atoms with Crippen LogP contribution >= 0.6 is 34.5 Å². The number of carbonyl (C=O) groups excluding carboxylic acids is 1. The summed E-state index contributed by atoms with van der Waals surface area (Å²) in [6.07, 6.45) is 0. The Labute approximate surface area is 116 Å². The maximum absolute atomic E-state index is 11.8. The van der Waals surface area contributed by atoms with E-state index in [1.165, 1.54) is 22.1 Å². The highest BCUT2D eigenvalue weighted by Gasteiger charge is 2.12. The average molecular weight is 306 g/mol. The van der Waals surface area contributed by atoms with Crippen molar-refractivity contribution in [3.8, 4) is 0 Å². The van der Waals surface area contributed by atoms with E-state index in [0.29, 0.717) is 15.9 Å². The number of hydrogen-bond acceptors (Lipinski definition) is 3. The summed E-state index contributed by atoms with van der Waals surface area (Å²) in [7, 11) is 1.59. The lowest BCUT2D eigenvalue weighted by atomic mass is 10.4. The summed E-state index contributed by atoms with van der Waals surface area (Å²) in [6, 6.07) is 2.94. The Morgan fingerprint density at radius 2 is 2.22 bits per heavy atom. The Bertz CT molecular complexity index is 624. The van der Waals surface area contributed by atoms with Gasteiger partial charge in [-0.1, -0.05) is 23.2 Å². The van der Waals surface area contributed by atoms with Crippen LogP contribution in [0.2, 0.25) is 9.36 Å². The Morgan fingerprint density at radius 1 is 1.50 bits per heavy atom. The number of H-pyrrole nitrogens is 1. The number of halogens is 2. The van der Waals surface area contributed by atoms with Crippen LogP contribution in [0.25, 0.3) is 0 Å². The monoisotopic (exact) mass is 305 g/mol. The van der Waals surface area contributed by atoms with Crippen LogP contribution in [0.1, 0.15) is 15.4 Å². The van der Waals surface area contributed by atoms with E-state index in [1.807, 2.05) is 0 Å². The zero-order valence-electron chi connectivity index (χ0n) is 9.29. The van der Waals surface area contributed by atoms with Crippen LogP contribution in [0.5, 0.6) is 0 Å².